The van der Waals surface area contributed by atoms with Crippen LogP contribution in [0.5, 0.6) is 5.75 Å². The van der Waals surface area contributed by atoms with Crippen molar-refractivity contribution in [2.24, 2.45) is 0 Å². The molecule has 0 radical (unpaired) electrons. The highest BCUT2D eigenvalue weighted by molar-refractivity contribution is 5.92. The zero-order valence-electron chi connectivity index (χ0n) is 25.6. The number of rotatable bonds is 15. The summed E-state index contributed by atoms with van der Waals surface area (Å²) in [5.41, 5.74) is 2.33. The third-order valence-electron chi connectivity index (χ3n) is 7.82. The Bertz CT molecular complexity index is 1430. The van der Waals surface area contributed by atoms with E-state index in [2.05, 4.69) is 18.5 Å². The van der Waals surface area contributed by atoms with Crippen LogP contribution < -0.4 is 15.0 Å². The molecule has 0 saturated carbocycles. The van der Waals surface area contributed by atoms with Gasteiger partial charge >= 0.3 is 5.97 Å². The van der Waals surface area contributed by atoms with Crippen molar-refractivity contribution in [3.63, 3.8) is 0 Å². The molecule has 1 saturated heterocycles. The lowest BCUT2D eigenvalue weighted by Crippen LogP contribution is -2.55. The molecule has 9 nitrogen and oxygen atoms in total. The Morgan fingerprint density at radius 3 is 2.29 bits per heavy atom. The van der Waals surface area contributed by atoms with E-state index in [1.165, 1.54) is 11.0 Å². The Hall–Kier alpha value is -4.89. The van der Waals surface area contributed by atoms with Crippen LogP contribution in [0, 0.1) is 0 Å². The lowest BCUT2D eigenvalue weighted by atomic mass is 9.97. The average Bonchev–Trinajstić information content (AvgIpc) is 3.57. The summed E-state index contributed by atoms with van der Waals surface area (Å²) in [4.78, 5) is 44.0. The summed E-state index contributed by atoms with van der Waals surface area (Å²) in [6, 6.07) is 23.3. The Morgan fingerprint density at radius 1 is 1.00 bits per heavy atom. The first-order valence-corrected chi connectivity index (χ1v) is 15.0. The first-order valence-electron chi connectivity index (χ1n) is 15.0. The quantitative estimate of drug-likeness (QED) is 0.196. The number of methoxy groups -OCH3 is 1. The number of likely N-dealkylation sites (tertiary alicyclic amines) is 1. The van der Waals surface area contributed by atoms with Gasteiger partial charge in [-0.05, 0) is 48.2 Å². The van der Waals surface area contributed by atoms with Crippen molar-refractivity contribution < 1.29 is 29.0 Å². The number of anilines is 1. The van der Waals surface area contributed by atoms with Gasteiger partial charge in [0.2, 0.25) is 5.91 Å². The van der Waals surface area contributed by atoms with Gasteiger partial charge in [0.05, 0.1) is 13.2 Å². The fraction of sp³-hybridized carbons (Fsp3) is 0.306. The summed E-state index contributed by atoms with van der Waals surface area (Å²) in [5, 5.41) is 14.6. The average molecular weight is 612 g/mol. The topological polar surface area (TPSA) is 108 Å². The van der Waals surface area contributed by atoms with Gasteiger partial charge in [0, 0.05) is 25.2 Å². The van der Waals surface area contributed by atoms with Gasteiger partial charge in [0.25, 0.3) is 5.91 Å². The van der Waals surface area contributed by atoms with Crippen molar-refractivity contribution in [3.8, 4) is 5.75 Å². The third-order valence-corrected chi connectivity index (χ3v) is 7.82. The van der Waals surface area contributed by atoms with Crippen molar-refractivity contribution in [3.05, 3.63) is 121 Å². The van der Waals surface area contributed by atoms with Crippen LogP contribution in [0.1, 0.15) is 30.0 Å². The summed E-state index contributed by atoms with van der Waals surface area (Å²) < 4.78 is 10.6. The number of aliphatic hydroxyl groups is 1. The second-order valence-electron chi connectivity index (χ2n) is 10.8. The zero-order chi connectivity index (χ0) is 32.2. The highest BCUT2D eigenvalue weighted by Gasteiger charge is 2.42. The number of amides is 2. The summed E-state index contributed by atoms with van der Waals surface area (Å²) in [7, 11) is 1.59. The van der Waals surface area contributed by atoms with Crippen LogP contribution in [0.3, 0.4) is 0 Å². The minimum absolute atomic E-state index is 0.0104. The third kappa shape index (κ3) is 8.39. The van der Waals surface area contributed by atoms with Crippen molar-refractivity contribution in [1.82, 2.24) is 10.2 Å². The molecule has 4 atom stereocenters. The number of ether oxygens (including phenoxy) is 2. The number of hydrogen-bond acceptors (Lipinski definition) is 7. The lowest BCUT2D eigenvalue weighted by molar-refractivity contribution is -0.149. The smallest absolute Gasteiger partial charge is 0.329 e. The Morgan fingerprint density at radius 2 is 1.67 bits per heavy atom. The molecule has 1 heterocycles. The minimum Gasteiger partial charge on any atom is -0.497 e. The fourth-order valence-electron chi connectivity index (χ4n) is 5.64. The van der Waals surface area contributed by atoms with Gasteiger partial charge in [-0.3, -0.25) is 9.59 Å². The summed E-state index contributed by atoms with van der Waals surface area (Å²) >= 11 is 0. The number of benzene rings is 3. The molecule has 4 rings (SSSR count). The number of nitrogens with zero attached hydrogens (tertiary/aromatic N) is 2. The Kier molecular flexibility index (Phi) is 11.9. The second-order valence-corrected chi connectivity index (χ2v) is 10.8. The Balaban J connectivity index is 1.59. The monoisotopic (exact) mass is 611 g/mol. The number of aliphatic hydroxyl groups excluding tert-OH is 1. The first-order chi connectivity index (χ1) is 21.9. The highest BCUT2D eigenvalue weighted by atomic mass is 16.5. The fourth-order valence-corrected chi connectivity index (χ4v) is 5.64. The lowest BCUT2D eigenvalue weighted by Gasteiger charge is -2.38. The van der Waals surface area contributed by atoms with Crippen molar-refractivity contribution in [2.45, 2.75) is 43.5 Å². The van der Waals surface area contributed by atoms with E-state index in [1.54, 1.807) is 13.2 Å². The van der Waals surface area contributed by atoms with Crippen LogP contribution in [-0.4, -0.2) is 72.8 Å². The van der Waals surface area contributed by atoms with Crippen LogP contribution in [0.25, 0.3) is 0 Å². The molecule has 0 bridgehead atoms. The van der Waals surface area contributed by atoms with E-state index in [9.17, 15) is 19.5 Å². The first kappa shape index (κ1) is 33.0. The van der Waals surface area contributed by atoms with E-state index in [4.69, 9.17) is 9.47 Å². The molecule has 0 aliphatic carbocycles. The zero-order valence-corrected chi connectivity index (χ0v) is 25.6. The number of nitrogens with one attached hydrogen (secondary N) is 1. The molecule has 236 valence electrons. The molecule has 1 aliphatic rings. The molecule has 1 fully saturated rings. The van der Waals surface area contributed by atoms with Crippen LogP contribution >= 0.6 is 0 Å². The summed E-state index contributed by atoms with van der Waals surface area (Å²) in [5.74, 6) is -0.960. The largest absolute Gasteiger partial charge is 0.497 e. The van der Waals surface area contributed by atoms with E-state index >= 15 is 0 Å². The molecular formula is C36H41N3O6. The molecule has 0 aromatic heterocycles. The van der Waals surface area contributed by atoms with Crippen LogP contribution in [-0.2, 0) is 25.5 Å². The maximum absolute atomic E-state index is 14.1. The molecule has 2 N–H and O–H groups in total. The highest BCUT2D eigenvalue weighted by Crippen LogP contribution is 2.33. The van der Waals surface area contributed by atoms with Gasteiger partial charge in [0.1, 0.15) is 24.4 Å². The number of hydrogen-bond donors (Lipinski definition) is 2. The normalized spacial score (nSPS) is 16.1. The standard InChI is InChI=1S/C36H41N3O6/c1-4-22-38(28-18-20-29(44-3)21-19-28)32(27-15-10-7-11-16-27)33(40)35(42)39-23-12-17-31(39)34(41)37-30(36(43)45-24-5-2)25-26-13-8-6-9-14-26/h4-11,13-16,18-21,30-33,40H,1-2,12,17,22-25H2,3H3,(H,37,41)/t30-,31+,32-,33-/m1/s1. The molecule has 1 aliphatic heterocycles. The molecule has 3 aromatic carbocycles. The molecule has 3 aromatic rings. The van der Waals surface area contributed by atoms with Gasteiger partial charge in [-0.1, -0.05) is 79.4 Å². The van der Waals surface area contributed by atoms with E-state index in [1.807, 2.05) is 89.8 Å². The van der Waals surface area contributed by atoms with Crippen LogP contribution in [0.15, 0.2) is 110 Å². The number of carbonyl (C=O) groups is 3. The van der Waals surface area contributed by atoms with E-state index in [0.29, 0.717) is 31.7 Å². The Labute approximate surface area is 264 Å². The van der Waals surface area contributed by atoms with Gasteiger partial charge < -0.3 is 29.7 Å². The number of carbonyl (C=O) groups excluding carboxylic acids is 3. The maximum Gasteiger partial charge on any atom is 0.329 e. The summed E-state index contributed by atoms with van der Waals surface area (Å²) in [6.45, 7) is 8.14. The van der Waals surface area contributed by atoms with Crippen molar-refractivity contribution in [1.29, 1.82) is 0 Å². The van der Waals surface area contributed by atoms with Gasteiger partial charge in [-0.25, -0.2) is 4.79 Å². The molecular weight excluding hydrogens is 570 g/mol. The van der Waals surface area contributed by atoms with Crippen molar-refractivity contribution >= 4 is 23.5 Å². The molecule has 2 amide bonds. The van der Waals surface area contributed by atoms with Gasteiger partial charge in [-0.2, -0.15) is 0 Å². The number of esters is 1. The van der Waals surface area contributed by atoms with Gasteiger partial charge in [-0.15, -0.1) is 6.58 Å². The van der Waals surface area contributed by atoms with E-state index in [-0.39, 0.29) is 13.0 Å². The van der Waals surface area contributed by atoms with Crippen LogP contribution in [0.4, 0.5) is 5.69 Å². The minimum atomic E-state index is -1.51. The molecule has 9 heteroatoms. The maximum atomic E-state index is 14.1. The predicted molar refractivity (Wildman–Crippen MR) is 174 cm³/mol. The molecule has 0 spiro atoms. The predicted octanol–water partition coefficient (Wildman–Crippen LogP) is 4.24. The SMILES string of the molecule is C=CCOC(=O)[C@@H](Cc1ccccc1)NC(=O)[C@@H]1CCCN1C(=O)[C@H](O)[C@@H](c1ccccc1)N(CC=C)c1ccc(OC)cc1. The summed E-state index contributed by atoms with van der Waals surface area (Å²) in [6.07, 6.45) is 2.85. The molecule has 0 unspecified atom stereocenters. The second kappa shape index (κ2) is 16.3. The van der Waals surface area contributed by atoms with Crippen LogP contribution in [0.2, 0.25) is 0 Å². The molecule has 45 heavy (non-hydrogen) atoms. The van der Waals surface area contributed by atoms with Gasteiger partial charge in [0.15, 0.2) is 6.10 Å². The van der Waals surface area contributed by atoms with E-state index in [0.717, 1.165) is 16.8 Å². The van der Waals surface area contributed by atoms with Crippen molar-refractivity contribution in [2.75, 3.05) is 31.7 Å². The van der Waals surface area contributed by atoms with E-state index < -0.39 is 42.0 Å².